The van der Waals surface area contributed by atoms with E-state index in [0.717, 1.165) is 19.0 Å². The highest BCUT2D eigenvalue weighted by Gasteiger charge is 2.30. The van der Waals surface area contributed by atoms with Gasteiger partial charge in [0.2, 0.25) is 11.8 Å². The number of carbonyl (C=O) groups excluding carboxylic acids is 2. The van der Waals surface area contributed by atoms with Crippen molar-refractivity contribution in [3.8, 4) is 0 Å². The molecule has 0 aromatic heterocycles. The van der Waals surface area contributed by atoms with Crippen molar-refractivity contribution in [2.75, 3.05) is 26.2 Å². The first-order valence-electron chi connectivity index (χ1n) is 9.32. The molecule has 5 nitrogen and oxygen atoms in total. The molecule has 0 aromatic carbocycles. The third kappa shape index (κ3) is 7.20. The second-order valence-corrected chi connectivity index (χ2v) is 8.89. The van der Waals surface area contributed by atoms with Crippen molar-refractivity contribution in [1.82, 2.24) is 15.5 Å². The van der Waals surface area contributed by atoms with Crippen molar-refractivity contribution in [3.63, 3.8) is 0 Å². The standard InChI is InChI=1S/C19H37N3O2/c1-15-9-8-12-22(13-15)19(5,6)14-21-16(23)10-7-11-20-17(24)18(2,3)4/h15H,7-14H2,1-6H3,(H,20,24)(H,21,23). The maximum absolute atomic E-state index is 12.0. The highest BCUT2D eigenvalue weighted by atomic mass is 16.2. The summed E-state index contributed by atoms with van der Waals surface area (Å²) in [6.07, 6.45) is 3.68. The topological polar surface area (TPSA) is 61.4 Å². The minimum absolute atomic E-state index is 0.00914. The van der Waals surface area contributed by atoms with Crippen LogP contribution in [0.25, 0.3) is 0 Å². The number of hydrogen-bond donors (Lipinski definition) is 2. The van der Waals surface area contributed by atoms with Gasteiger partial charge in [-0.25, -0.2) is 0 Å². The van der Waals surface area contributed by atoms with E-state index in [1.807, 2.05) is 20.8 Å². The first kappa shape index (κ1) is 20.9. The molecule has 140 valence electrons. The van der Waals surface area contributed by atoms with Gasteiger partial charge in [-0.2, -0.15) is 0 Å². The number of rotatable bonds is 7. The van der Waals surface area contributed by atoms with Gasteiger partial charge in [-0.05, 0) is 45.6 Å². The molecule has 0 saturated carbocycles. The van der Waals surface area contributed by atoms with Gasteiger partial charge in [-0.3, -0.25) is 14.5 Å². The molecule has 2 amide bonds. The number of nitrogens with zero attached hydrogens (tertiary/aromatic N) is 1. The molecule has 0 spiro atoms. The Balaban J connectivity index is 2.24. The Morgan fingerprint density at radius 1 is 1.12 bits per heavy atom. The number of amides is 2. The van der Waals surface area contributed by atoms with E-state index in [1.54, 1.807) is 0 Å². The number of hydrogen-bond acceptors (Lipinski definition) is 3. The lowest BCUT2D eigenvalue weighted by Crippen LogP contribution is -2.54. The third-order valence-corrected chi connectivity index (χ3v) is 4.78. The van der Waals surface area contributed by atoms with Crippen LogP contribution in [0.2, 0.25) is 0 Å². The van der Waals surface area contributed by atoms with Crippen LogP contribution in [0.5, 0.6) is 0 Å². The van der Waals surface area contributed by atoms with Gasteiger partial charge in [0, 0.05) is 37.0 Å². The molecule has 0 aliphatic carbocycles. The van der Waals surface area contributed by atoms with Crippen LogP contribution in [0.1, 0.15) is 67.2 Å². The van der Waals surface area contributed by atoms with Crippen molar-refractivity contribution < 1.29 is 9.59 Å². The zero-order valence-corrected chi connectivity index (χ0v) is 16.5. The summed E-state index contributed by atoms with van der Waals surface area (Å²) in [6.45, 7) is 15.8. The van der Waals surface area contributed by atoms with E-state index in [4.69, 9.17) is 0 Å². The van der Waals surface area contributed by atoms with Crippen LogP contribution < -0.4 is 10.6 Å². The smallest absolute Gasteiger partial charge is 0.225 e. The fourth-order valence-electron chi connectivity index (χ4n) is 2.97. The van der Waals surface area contributed by atoms with Crippen LogP contribution in [0.3, 0.4) is 0 Å². The van der Waals surface area contributed by atoms with Crippen molar-refractivity contribution in [2.45, 2.75) is 72.8 Å². The normalized spacial score (nSPS) is 19.8. The molecular weight excluding hydrogens is 302 g/mol. The van der Waals surface area contributed by atoms with Crippen LogP contribution in [0.15, 0.2) is 0 Å². The Bertz CT molecular complexity index is 427. The lowest BCUT2D eigenvalue weighted by molar-refractivity contribution is -0.128. The van der Waals surface area contributed by atoms with Gasteiger partial charge in [0.25, 0.3) is 0 Å². The van der Waals surface area contributed by atoms with Crippen molar-refractivity contribution >= 4 is 11.8 Å². The molecule has 1 fully saturated rings. The first-order chi connectivity index (χ1) is 11.0. The van der Waals surface area contributed by atoms with E-state index in [0.29, 0.717) is 25.9 Å². The third-order valence-electron chi connectivity index (χ3n) is 4.78. The van der Waals surface area contributed by atoms with Gasteiger partial charge in [0.1, 0.15) is 0 Å². The maximum Gasteiger partial charge on any atom is 0.225 e. The summed E-state index contributed by atoms with van der Waals surface area (Å²) in [6, 6.07) is 0. The summed E-state index contributed by atoms with van der Waals surface area (Å²) in [5, 5.41) is 5.94. The fraction of sp³-hybridized carbons (Fsp3) is 0.895. The maximum atomic E-state index is 12.0. The van der Waals surface area contributed by atoms with Crippen LogP contribution in [0.4, 0.5) is 0 Å². The molecule has 0 radical (unpaired) electrons. The zero-order valence-electron chi connectivity index (χ0n) is 16.5. The van der Waals surface area contributed by atoms with Gasteiger partial charge in [-0.1, -0.05) is 27.7 Å². The fourth-order valence-corrected chi connectivity index (χ4v) is 2.97. The van der Waals surface area contributed by atoms with Gasteiger partial charge in [0.05, 0.1) is 0 Å². The molecule has 1 unspecified atom stereocenters. The molecule has 2 N–H and O–H groups in total. The Labute approximate surface area is 147 Å². The summed E-state index contributed by atoms with van der Waals surface area (Å²) in [5.74, 6) is 0.835. The van der Waals surface area contributed by atoms with Gasteiger partial charge in [-0.15, -0.1) is 0 Å². The predicted octanol–water partition coefficient (Wildman–Crippen LogP) is 2.56. The summed E-state index contributed by atoms with van der Waals surface area (Å²) in [4.78, 5) is 26.3. The van der Waals surface area contributed by atoms with Crippen molar-refractivity contribution in [3.05, 3.63) is 0 Å². The van der Waals surface area contributed by atoms with E-state index in [-0.39, 0.29) is 22.8 Å². The van der Waals surface area contributed by atoms with E-state index >= 15 is 0 Å². The minimum Gasteiger partial charge on any atom is -0.356 e. The van der Waals surface area contributed by atoms with E-state index < -0.39 is 0 Å². The van der Waals surface area contributed by atoms with Crippen molar-refractivity contribution in [1.29, 1.82) is 0 Å². The molecule has 1 saturated heterocycles. The second kappa shape index (κ2) is 8.84. The molecule has 1 aliphatic heterocycles. The average Bonchev–Trinajstić information content (AvgIpc) is 2.48. The number of likely N-dealkylation sites (tertiary alicyclic amines) is 1. The Morgan fingerprint density at radius 3 is 2.38 bits per heavy atom. The van der Waals surface area contributed by atoms with Crippen LogP contribution >= 0.6 is 0 Å². The highest BCUT2D eigenvalue weighted by molar-refractivity contribution is 5.81. The SMILES string of the molecule is CC1CCCN(C(C)(C)CNC(=O)CCCNC(=O)C(C)(C)C)C1. The Kier molecular flexibility index (Phi) is 7.71. The summed E-state index contributed by atoms with van der Waals surface area (Å²) >= 11 is 0. The zero-order chi connectivity index (χ0) is 18.4. The molecule has 24 heavy (non-hydrogen) atoms. The largest absolute Gasteiger partial charge is 0.356 e. The van der Waals surface area contributed by atoms with Crippen LogP contribution in [0, 0.1) is 11.3 Å². The lowest BCUT2D eigenvalue weighted by atomic mass is 9.93. The Morgan fingerprint density at radius 2 is 1.79 bits per heavy atom. The predicted molar refractivity (Wildman–Crippen MR) is 98.8 cm³/mol. The molecular formula is C19H37N3O2. The van der Waals surface area contributed by atoms with Gasteiger partial charge in [0.15, 0.2) is 0 Å². The van der Waals surface area contributed by atoms with Gasteiger partial charge < -0.3 is 10.6 Å². The van der Waals surface area contributed by atoms with E-state index in [2.05, 4.69) is 36.3 Å². The molecule has 0 bridgehead atoms. The van der Waals surface area contributed by atoms with Gasteiger partial charge >= 0.3 is 0 Å². The monoisotopic (exact) mass is 339 g/mol. The molecule has 1 atom stereocenters. The highest BCUT2D eigenvalue weighted by Crippen LogP contribution is 2.23. The van der Waals surface area contributed by atoms with Crippen LogP contribution in [-0.2, 0) is 9.59 Å². The Hall–Kier alpha value is -1.10. The molecule has 1 rings (SSSR count). The van der Waals surface area contributed by atoms with Crippen LogP contribution in [-0.4, -0.2) is 48.4 Å². The number of nitrogens with one attached hydrogen (secondary N) is 2. The quantitative estimate of drug-likeness (QED) is 0.701. The summed E-state index contributed by atoms with van der Waals surface area (Å²) < 4.78 is 0. The summed E-state index contributed by atoms with van der Waals surface area (Å²) in [7, 11) is 0. The number of carbonyl (C=O) groups is 2. The second-order valence-electron chi connectivity index (χ2n) is 8.89. The van der Waals surface area contributed by atoms with E-state index in [1.165, 1.54) is 12.8 Å². The number of piperidine rings is 1. The average molecular weight is 340 g/mol. The molecule has 0 aromatic rings. The molecule has 5 heteroatoms. The first-order valence-corrected chi connectivity index (χ1v) is 9.32. The lowest BCUT2D eigenvalue weighted by Gasteiger charge is -2.43. The van der Waals surface area contributed by atoms with Crippen molar-refractivity contribution in [2.24, 2.45) is 11.3 Å². The summed E-state index contributed by atoms with van der Waals surface area (Å²) in [5.41, 5.74) is -0.386. The molecule has 1 heterocycles. The minimum atomic E-state index is -0.377. The molecule has 1 aliphatic rings. The van der Waals surface area contributed by atoms with E-state index in [9.17, 15) is 9.59 Å².